The number of carbonyl (C=O) groups is 2. The fourth-order valence-corrected chi connectivity index (χ4v) is 3.88. The standard InChI is InChI=1S/C19H20ClNO5S/c1-21(27(25,26)17-8-6-16(20)7-9-17)12-10-14-2-4-15(5-3-14)18(11-13-22)19(23)24/h2-9,13,18H,10-12H2,1H3,(H,23,24). The molecule has 0 aliphatic rings. The number of aliphatic carboxylic acids is 1. The number of halogens is 1. The van der Waals surface area contributed by atoms with Crippen LogP contribution < -0.4 is 0 Å². The summed E-state index contributed by atoms with van der Waals surface area (Å²) >= 11 is 5.79. The van der Waals surface area contributed by atoms with Crippen LogP contribution in [0.25, 0.3) is 0 Å². The molecule has 8 heteroatoms. The van der Waals surface area contributed by atoms with Gasteiger partial charge in [0.1, 0.15) is 6.29 Å². The fourth-order valence-electron chi connectivity index (χ4n) is 2.59. The Morgan fingerprint density at radius 3 is 2.26 bits per heavy atom. The number of hydrogen-bond donors (Lipinski definition) is 1. The van der Waals surface area contributed by atoms with E-state index in [1.165, 1.54) is 35.6 Å². The molecule has 1 N–H and O–H groups in total. The van der Waals surface area contributed by atoms with E-state index in [-0.39, 0.29) is 17.9 Å². The van der Waals surface area contributed by atoms with Crippen LogP contribution in [0, 0.1) is 0 Å². The van der Waals surface area contributed by atoms with Crippen molar-refractivity contribution >= 4 is 33.9 Å². The Labute approximate surface area is 163 Å². The molecule has 0 aliphatic heterocycles. The lowest BCUT2D eigenvalue weighted by Crippen LogP contribution is -2.29. The maximum atomic E-state index is 12.5. The molecule has 0 aliphatic carbocycles. The van der Waals surface area contributed by atoms with Crippen LogP contribution in [0.5, 0.6) is 0 Å². The van der Waals surface area contributed by atoms with Gasteiger partial charge in [-0.1, -0.05) is 35.9 Å². The van der Waals surface area contributed by atoms with Crippen LogP contribution in [0.15, 0.2) is 53.4 Å². The van der Waals surface area contributed by atoms with Gasteiger partial charge in [0.05, 0.1) is 10.8 Å². The quantitative estimate of drug-likeness (QED) is 0.643. The average molecular weight is 410 g/mol. The molecule has 1 unspecified atom stereocenters. The summed E-state index contributed by atoms with van der Waals surface area (Å²) in [5.41, 5.74) is 1.41. The van der Waals surface area contributed by atoms with Crippen LogP contribution in [0.1, 0.15) is 23.5 Å². The molecule has 144 valence electrons. The van der Waals surface area contributed by atoms with Crippen LogP contribution in [0.3, 0.4) is 0 Å². The summed E-state index contributed by atoms with van der Waals surface area (Å²) < 4.78 is 26.3. The summed E-state index contributed by atoms with van der Waals surface area (Å²) in [6.45, 7) is 0.265. The summed E-state index contributed by atoms with van der Waals surface area (Å²) in [4.78, 5) is 22.0. The molecule has 0 saturated carbocycles. The molecule has 0 bridgehead atoms. The topological polar surface area (TPSA) is 91.8 Å². The van der Waals surface area contributed by atoms with E-state index < -0.39 is 21.9 Å². The van der Waals surface area contributed by atoms with E-state index in [1.54, 1.807) is 24.3 Å². The van der Waals surface area contributed by atoms with Gasteiger partial charge in [-0.3, -0.25) is 4.79 Å². The van der Waals surface area contributed by atoms with Crippen LogP contribution in [0.2, 0.25) is 5.02 Å². The zero-order valence-corrected chi connectivity index (χ0v) is 16.3. The maximum Gasteiger partial charge on any atom is 0.311 e. The predicted molar refractivity (Wildman–Crippen MR) is 102 cm³/mol. The molecule has 6 nitrogen and oxygen atoms in total. The zero-order chi connectivity index (χ0) is 20.0. The lowest BCUT2D eigenvalue weighted by molar-refractivity contribution is -0.139. The van der Waals surface area contributed by atoms with Crippen molar-refractivity contribution in [2.24, 2.45) is 0 Å². The molecule has 2 rings (SSSR count). The van der Waals surface area contributed by atoms with Gasteiger partial charge in [-0.05, 0) is 41.8 Å². The van der Waals surface area contributed by atoms with Gasteiger partial charge < -0.3 is 9.90 Å². The number of nitrogens with zero attached hydrogens (tertiary/aromatic N) is 1. The van der Waals surface area contributed by atoms with Gasteiger partial charge in [-0.15, -0.1) is 0 Å². The van der Waals surface area contributed by atoms with Crippen LogP contribution in [-0.2, 0) is 26.0 Å². The Bertz CT molecular complexity index is 895. The first kappa shape index (κ1) is 21.1. The second kappa shape index (κ2) is 9.12. The molecule has 27 heavy (non-hydrogen) atoms. The number of aldehydes is 1. The Kier molecular flexibility index (Phi) is 7.12. The Balaban J connectivity index is 2.04. The Morgan fingerprint density at radius 1 is 1.15 bits per heavy atom. The lowest BCUT2D eigenvalue weighted by Gasteiger charge is -2.17. The number of sulfonamides is 1. The molecular formula is C19H20ClNO5S. The maximum absolute atomic E-state index is 12.5. The van der Waals surface area contributed by atoms with E-state index in [4.69, 9.17) is 11.6 Å². The summed E-state index contributed by atoms with van der Waals surface area (Å²) in [5, 5.41) is 9.64. The van der Waals surface area contributed by atoms with Crippen molar-refractivity contribution in [1.29, 1.82) is 0 Å². The first-order valence-electron chi connectivity index (χ1n) is 8.23. The van der Waals surface area contributed by atoms with E-state index >= 15 is 0 Å². The highest BCUT2D eigenvalue weighted by molar-refractivity contribution is 7.89. The van der Waals surface area contributed by atoms with E-state index in [0.29, 0.717) is 23.3 Å². The molecule has 2 aromatic carbocycles. The van der Waals surface area contributed by atoms with Crippen molar-refractivity contribution in [3.05, 3.63) is 64.7 Å². The monoisotopic (exact) mass is 409 g/mol. The third kappa shape index (κ3) is 5.38. The van der Waals surface area contributed by atoms with E-state index in [0.717, 1.165) is 5.56 Å². The highest BCUT2D eigenvalue weighted by Crippen LogP contribution is 2.21. The second-order valence-electron chi connectivity index (χ2n) is 6.07. The third-order valence-corrected chi connectivity index (χ3v) is 6.37. The van der Waals surface area contributed by atoms with Gasteiger partial charge in [-0.25, -0.2) is 12.7 Å². The van der Waals surface area contributed by atoms with Crippen molar-refractivity contribution in [2.75, 3.05) is 13.6 Å². The number of rotatable bonds is 9. The van der Waals surface area contributed by atoms with Gasteiger partial charge in [0, 0.05) is 25.0 Å². The summed E-state index contributed by atoms with van der Waals surface area (Å²) in [5.74, 6) is -1.92. The minimum absolute atomic E-state index is 0.0866. The van der Waals surface area contributed by atoms with E-state index in [9.17, 15) is 23.1 Å². The van der Waals surface area contributed by atoms with Gasteiger partial charge in [-0.2, -0.15) is 0 Å². The SMILES string of the molecule is CN(CCc1ccc(C(CC=O)C(=O)O)cc1)S(=O)(=O)c1ccc(Cl)cc1. The molecule has 0 amide bonds. The summed E-state index contributed by atoms with van der Waals surface area (Å²) in [7, 11) is -2.11. The molecule has 0 saturated heterocycles. The number of hydrogen-bond acceptors (Lipinski definition) is 4. The normalized spacial score (nSPS) is 12.7. The summed E-state index contributed by atoms with van der Waals surface area (Å²) in [6.07, 6.45) is 0.967. The second-order valence-corrected chi connectivity index (χ2v) is 8.55. The first-order chi connectivity index (χ1) is 12.8. The number of carbonyl (C=O) groups excluding carboxylic acids is 1. The molecule has 1 atom stereocenters. The highest BCUT2D eigenvalue weighted by atomic mass is 35.5. The largest absolute Gasteiger partial charge is 0.481 e. The number of benzene rings is 2. The van der Waals surface area contributed by atoms with Gasteiger partial charge in [0.15, 0.2) is 0 Å². The van der Waals surface area contributed by atoms with Crippen LogP contribution >= 0.6 is 11.6 Å². The van der Waals surface area contributed by atoms with Gasteiger partial charge >= 0.3 is 5.97 Å². The number of carboxylic acid groups (broad SMARTS) is 1. The number of likely N-dealkylation sites (N-methyl/N-ethyl adjacent to an activating group) is 1. The average Bonchev–Trinajstić information content (AvgIpc) is 2.64. The summed E-state index contributed by atoms with van der Waals surface area (Å²) in [6, 6.07) is 12.8. The van der Waals surface area contributed by atoms with Crippen molar-refractivity contribution in [1.82, 2.24) is 4.31 Å². The Hall–Kier alpha value is -2.22. The van der Waals surface area contributed by atoms with Crippen LogP contribution in [0.4, 0.5) is 0 Å². The smallest absolute Gasteiger partial charge is 0.311 e. The Morgan fingerprint density at radius 2 is 1.74 bits per heavy atom. The van der Waals surface area contributed by atoms with Crippen molar-refractivity contribution in [2.45, 2.75) is 23.7 Å². The molecule has 0 aromatic heterocycles. The minimum Gasteiger partial charge on any atom is -0.481 e. The molecule has 2 aromatic rings. The minimum atomic E-state index is -3.61. The number of carboxylic acids is 1. The van der Waals surface area contributed by atoms with E-state index in [1.807, 2.05) is 0 Å². The molecule has 0 fully saturated rings. The first-order valence-corrected chi connectivity index (χ1v) is 10.0. The van der Waals surface area contributed by atoms with Crippen molar-refractivity contribution in [3.63, 3.8) is 0 Å². The highest BCUT2D eigenvalue weighted by Gasteiger charge is 2.21. The van der Waals surface area contributed by atoms with Crippen molar-refractivity contribution < 1.29 is 23.1 Å². The van der Waals surface area contributed by atoms with Gasteiger partial charge in [0.25, 0.3) is 0 Å². The van der Waals surface area contributed by atoms with E-state index in [2.05, 4.69) is 0 Å². The zero-order valence-electron chi connectivity index (χ0n) is 14.7. The fraction of sp³-hybridized carbons (Fsp3) is 0.263. The predicted octanol–water partition coefficient (Wildman–Crippen LogP) is 2.96. The molecular weight excluding hydrogens is 390 g/mol. The molecule has 0 heterocycles. The lowest BCUT2D eigenvalue weighted by atomic mass is 9.95. The van der Waals surface area contributed by atoms with Crippen molar-refractivity contribution in [3.8, 4) is 0 Å². The third-order valence-electron chi connectivity index (χ3n) is 4.25. The van der Waals surface area contributed by atoms with Crippen LogP contribution in [-0.4, -0.2) is 43.7 Å². The molecule has 0 radical (unpaired) electrons. The molecule has 0 spiro atoms. The van der Waals surface area contributed by atoms with Gasteiger partial charge in [0.2, 0.25) is 10.0 Å².